The predicted molar refractivity (Wildman–Crippen MR) is 84.9 cm³/mol. The number of hydrogen-bond donors (Lipinski definition) is 0. The fraction of sp³-hybridized carbons (Fsp3) is 0.316. The molecular weight excluding hydrogens is 293 g/mol. The molecule has 0 saturated heterocycles. The summed E-state index contributed by atoms with van der Waals surface area (Å²) < 4.78 is 0.0918. The topological polar surface area (TPSA) is 12.9 Å². The summed E-state index contributed by atoms with van der Waals surface area (Å²) in [6, 6.07) is 12.7. The number of nitrogens with zero attached hydrogens (tertiary/aromatic N) is 1. The van der Waals surface area contributed by atoms with Crippen LogP contribution in [-0.4, -0.2) is 4.98 Å². The molecule has 2 aromatic rings. The van der Waals surface area contributed by atoms with Gasteiger partial charge in [-0.1, -0.05) is 0 Å². The van der Waals surface area contributed by atoms with E-state index in [0.717, 1.165) is 17.6 Å². The van der Waals surface area contributed by atoms with Gasteiger partial charge in [0.05, 0.1) is 0 Å². The molecule has 21 heavy (non-hydrogen) atoms. The average molecular weight is 313 g/mol. The van der Waals surface area contributed by atoms with Gasteiger partial charge in [0, 0.05) is 0 Å². The van der Waals surface area contributed by atoms with Crippen molar-refractivity contribution >= 4 is 10.9 Å². The molecule has 0 N–H and O–H groups in total. The Balaban J connectivity index is 2.00. The molecule has 3 rings (SSSR count). The Morgan fingerprint density at radius 1 is 1.00 bits per heavy atom. The number of rotatable bonds is 2. The van der Waals surface area contributed by atoms with Crippen LogP contribution in [-0.2, 0) is 23.8 Å². The monoisotopic (exact) mass is 313 g/mol. The van der Waals surface area contributed by atoms with Gasteiger partial charge in [-0.25, -0.2) is 0 Å². The number of fused-ring (bicyclic) bond motifs is 1. The summed E-state index contributed by atoms with van der Waals surface area (Å²) >= 11 is 2.86. The number of hydrogen-bond acceptors (Lipinski definition) is 1. The van der Waals surface area contributed by atoms with Crippen LogP contribution < -0.4 is 0 Å². The van der Waals surface area contributed by atoms with Gasteiger partial charge >= 0.3 is 136 Å². The Labute approximate surface area is 136 Å². The molecular formula is C19H20NV. The third-order valence-corrected chi connectivity index (χ3v) is 5.85. The van der Waals surface area contributed by atoms with Crippen LogP contribution in [0, 0.1) is 0 Å². The van der Waals surface area contributed by atoms with Crippen LogP contribution in [0.15, 0.2) is 58.7 Å². The molecule has 1 aliphatic carbocycles. The van der Waals surface area contributed by atoms with E-state index in [1.165, 1.54) is 27.7 Å². The number of allylic oxidation sites excluding steroid dienone is 4. The predicted octanol–water partition coefficient (Wildman–Crippen LogP) is 5.17. The summed E-state index contributed by atoms with van der Waals surface area (Å²) in [7, 11) is 0. The quantitative estimate of drug-likeness (QED) is 0.745. The minimum atomic E-state index is 0.0918. The molecule has 1 unspecified atom stereocenters. The van der Waals surface area contributed by atoms with E-state index >= 15 is 0 Å². The van der Waals surface area contributed by atoms with Crippen molar-refractivity contribution in [1.29, 1.82) is 0 Å². The zero-order valence-corrected chi connectivity index (χ0v) is 14.5. The first kappa shape index (κ1) is 14.6. The Bertz CT molecular complexity index is 781. The molecule has 106 valence electrons. The van der Waals surface area contributed by atoms with Crippen molar-refractivity contribution in [3.8, 4) is 0 Å². The third kappa shape index (κ3) is 2.39. The molecule has 2 heteroatoms. The van der Waals surface area contributed by atoms with E-state index in [9.17, 15) is 0 Å². The molecule has 1 atom stereocenters. The van der Waals surface area contributed by atoms with Crippen molar-refractivity contribution in [1.82, 2.24) is 4.98 Å². The maximum absolute atomic E-state index is 4.83. The van der Waals surface area contributed by atoms with Gasteiger partial charge in [0.15, 0.2) is 0 Å². The van der Waals surface area contributed by atoms with Crippen LogP contribution in [0.2, 0.25) is 4.13 Å². The zero-order chi connectivity index (χ0) is 15.2. The molecule has 1 heterocycles. The van der Waals surface area contributed by atoms with E-state index in [2.05, 4.69) is 81.5 Å². The van der Waals surface area contributed by atoms with Crippen molar-refractivity contribution in [3.05, 3.63) is 64.4 Å². The number of aromatic nitrogens is 1. The van der Waals surface area contributed by atoms with Gasteiger partial charge in [0.2, 0.25) is 0 Å². The molecule has 1 aromatic heterocycles. The Morgan fingerprint density at radius 2 is 1.71 bits per heavy atom. The fourth-order valence-corrected chi connectivity index (χ4v) is 3.80. The van der Waals surface area contributed by atoms with E-state index in [1.807, 2.05) is 0 Å². The summed E-state index contributed by atoms with van der Waals surface area (Å²) in [6.07, 6.45) is 0.927. The summed E-state index contributed by atoms with van der Waals surface area (Å²) in [4.78, 5) is 4.83. The Hall–Kier alpha value is -1.31. The second kappa shape index (κ2) is 5.16. The van der Waals surface area contributed by atoms with E-state index in [0.29, 0.717) is 0 Å². The van der Waals surface area contributed by atoms with E-state index in [-0.39, 0.29) is 4.13 Å². The molecule has 0 bridgehead atoms. The fourth-order valence-electron chi connectivity index (χ4n) is 3.16. The van der Waals surface area contributed by atoms with Gasteiger partial charge in [0.1, 0.15) is 0 Å². The first-order valence-corrected chi connectivity index (χ1v) is 8.06. The normalized spacial score (nSPS) is 22.5. The SMILES string of the molecule is CC1=C(C)[C](C)([V])C(Cc2ccc3ccccc3n2)=C1C. The van der Waals surface area contributed by atoms with Gasteiger partial charge in [-0.2, -0.15) is 0 Å². The van der Waals surface area contributed by atoms with Crippen molar-refractivity contribution in [2.24, 2.45) is 0 Å². The van der Waals surface area contributed by atoms with Crippen LogP contribution >= 0.6 is 0 Å². The standard InChI is InChI=1S/C19H20N.V/c1-12-13(2)15(4)18(14(12)3)11-17-10-9-16-7-5-6-8-19(16)20-17;/h5-10H,11H2,1-4H3;. The van der Waals surface area contributed by atoms with Crippen LogP contribution in [0.5, 0.6) is 0 Å². The Morgan fingerprint density at radius 3 is 2.38 bits per heavy atom. The van der Waals surface area contributed by atoms with Crippen molar-refractivity contribution < 1.29 is 17.4 Å². The molecule has 0 saturated carbocycles. The second-order valence-corrected chi connectivity index (χ2v) is 7.49. The molecule has 1 nitrogen and oxygen atoms in total. The van der Waals surface area contributed by atoms with Gasteiger partial charge in [-0.15, -0.1) is 0 Å². The van der Waals surface area contributed by atoms with Crippen LogP contribution in [0.25, 0.3) is 10.9 Å². The zero-order valence-electron chi connectivity index (χ0n) is 13.1. The summed E-state index contributed by atoms with van der Waals surface area (Å²) in [5.41, 5.74) is 8.07. The molecule has 0 spiro atoms. The maximum atomic E-state index is 4.83. The number of pyridine rings is 1. The Kier molecular flexibility index (Phi) is 3.59. The number of para-hydroxylation sites is 1. The third-order valence-electron chi connectivity index (χ3n) is 4.91. The summed E-state index contributed by atoms with van der Waals surface area (Å²) in [5.74, 6) is 0. The van der Waals surface area contributed by atoms with E-state index in [1.54, 1.807) is 0 Å². The van der Waals surface area contributed by atoms with Gasteiger partial charge in [0.25, 0.3) is 0 Å². The molecule has 0 fully saturated rings. The number of benzene rings is 1. The summed E-state index contributed by atoms with van der Waals surface area (Å²) in [5, 5.41) is 1.21. The molecule has 1 aliphatic rings. The molecule has 0 amide bonds. The van der Waals surface area contributed by atoms with Crippen molar-refractivity contribution in [2.45, 2.75) is 38.2 Å². The minimum absolute atomic E-state index is 0.0918. The van der Waals surface area contributed by atoms with Gasteiger partial charge < -0.3 is 0 Å². The van der Waals surface area contributed by atoms with E-state index < -0.39 is 0 Å². The summed E-state index contributed by atoms with van der Waals surface area (Å²) in [6.45, 7) is 9.03. The first-order chi connectivity index (χ1) is 9.91. The average Bonchev–Trinajstić information content (AvgIpc) is 2.62. The van der Waals surface area contributed by atoms with Crippen molar-refractivity contribution in [2.75, 3.05) is 0 Å². The van der Waals surface area contributed by atoms with Crippen LogP contribution in [0.3, 0.4) is 0 Å². The molecule has 0 aliphatic heterocycles. The van der Waals surface area contributed by atoms with E-state index in [4.69, 9.17) is 4.98 Å². The van der Waals surface area contributed by atoms with Gasteiger partial charge in [-0.3, -0.25) is 0 Å². The van der Waals surface area contributed by atoms with Crippen LogP contribution in [0.4, 0.5) is 0 Å². The second-order valence-electron chi connectivity index (χ2n) is 6.10. The van der Waals surface area contributed by atoms with Crippen molar-refractivity contribution in [3.63, 3.8) is 0 Å². The first-order valence-electron chi connectivity index (χ1n) is 7.37. The van der Waals surface area contributed by atoms with Crippen LogP contribution in [0.1, 0.15) is 33.4 Å². The van der Waals surface area contributed by atoms with Gasteiger partial charge in [-0.05, 0) is 0 Å². The molecule has 0 radical (unpaired) electrons. The molecule has 1 aromatic carbocycles.